The summed E-state index contributed by atoms with van der Waals surface area (Å²) < 4.78 is 196. The van der Waals surface area contributed by atoms with E-state index in [4.69, 9.17) is 0 Å². The molecule has 0 N–H and O–H groups in total. The molecule has 180 valence electrons. The number of ether oxygens (including phenoxy) is 1. The normalized spacial score (nSPS) is 22.4. The van der Waals surface area contributed by atoms with Crippen molar-refractivity contribution < 1.29 is 99.9 Å². The Morgan fingerprint density at radius 2 is 1.16 bits per heavy atom. The number of hydrogen-bond donors (Lipinski definition) is 0. The Morgan fingerprint density at radius 3 is 1.55 bits per heavy atom. The van der Waals surface area contributed by atoms with E-state index in [1.54, 1.807) is 0 Å². The molecule has 0 aromatic rings. The van der Waals surface area contributed by atoms with Crippen LogP contribution in [0.2, 0.25) is 0 Å². The average Bonchev–Trinajstić information content (AvgIpc) is 2.89. The maximum atomic E-state index is 13.9. The Morgan fingerprint density at radius 1 is 0.774 bits per heavy atom. The molecule has 1 aliphatic heterocycles. The molecular formula is C12H10ClF12NaO4S. The first-order chi connectivity index (χ1) is 12.9. The van der Waals surface area contributed by atoms with E-state index in [1.165, 1.54) is 0 Å². The molecular weight excluding hydrogens is 527 g/mol. The second-order valence-electron chi connectivity index (χ2n) is 6.49. The SMILES string of the molecule is O=S(=O)([O-])CC1COCC1CC(F)(F)C(F)(F)C(F)(F)C(F)(F)C(F)(F)C(F)(F)Cl.[Na+]. The fourth-order valence-corrected chi connectivity index (χ4v) is 3.59. The molecule has 1 fully saturated rings. The van der Waals surface area contributed by atoms with Gasteiger partial charge in [0.25, 0.3) is 0 Å². The van der Waals surface area contributed by atoms with Gasteiger partial charge < -0.3 is 9.29 Å². The molecule has 0 aromatic carbocycles. The van der Waals surface area contributed by atoms with E-state index in [9.17, 15) is 65.7 Å². The fraction of sp³-hybridized carbons (Fsp3) is 1.00. The summed E-state index contributed by atoms with van der Waals surface area (Å²) in [5.74, 6) is -41.8. The number of hydrogen-bond acceptors (Lipinski definition) is 4. The maximum Gasteiger partial charge on any atom is 1.00 e. The third kappa shape index (κ3) is 5.70. The van der Waals surface area contributed by atoms with Crippen molar-refractivity contribution >= 4 is 21.7 Å². The molecule has 4 nitrogen and oxygen atoms in total. The molecule has 2 atom stereocenters. The van der Waals surface area contributed by atoms with Gasteiger partial charge >= 0.3 is 64.6 Å². The van der Waals surface area contributed by atoms with Crippen molar-refractivity contribution in [2.24, 2.45) is 11.8 Å². The molecule has 0 bridgehead atoms. The maximum absolute atomic E-state index is 13.9. The van der Waals surface area contributed by atoms with Gasteiger partial charge in [-0.25, -0.2) is 8.42 Å². The minimum absolute atomic E-state index is 0. The monoisotopic (exact) mass is 536 g/mol. The first-order valence-corrected chi connectivity index (χ1v) is 9.35. The van der Waals surface area contributed by atoms with Gasteiger partial charge in [0.15, 0.2) is 0 Å². The third-order valence-electron chi connectivity index (χ3n) is 4.27. The zero-order chi connectivity index (χ0) is 24.2. The van der Waals surface area contributed by atoms with Crippen molar-refractivity contribution in [3.8, 4) is 0 Å². The van der Waals surface area contributed by atoms with Crippen LogP contribution in [0.15, 0.2) is 0 Å². The molecule has 0 aliphatic carbocycles. The van der Waals surface area contributed by atoms with E-state index < -0.39 is 82.3 Å². The Kier molecular flexibility index (Phi) is 9.26. The van der Waals surface area contributed by atoms with Crippen LogP contribution < -0.4 is 29.6 Å². The van der Waals surface area contributed by atoms with Gasteiger partial charge in [-0.1, -0.05) is 0 Å². The van der Waals surface area contributed by atoms with Crippen molar-refractivity contribution in [2.75, 3.05) is 19.0 Å². The van der Waals surface area contributed by atoms with Gasteiger partial charge in [-0.2, -0.15) is 52.7 Å². The summed E-state index contributed by atoms with van der Waals surface area (Å²) in [6.07, 6.45) is -2.52. The predicted molar refractivity (Wildman–Crippen MR) is 72.5 cm³/mol. The van der Waals surface area contributed by atoms with E-state index in [0.717, 1.165) is 0 Å². The van der Waals surface area contributed by atoms with E-state index in [2.05, 4.69) is 16.3 Å². The summed E-state index contributed by atoms with van der Waals surface area (Å²) in [7, 11) is -5.15. The van der Waals surface area contributed by atoms with Gasteiger partial charge in [-0.15, -0.1) is 0 Å². The largest absolute Gasteiger partial charge is 1.00 e. The van der Waals surface area contributed by atoms with Crippen LogP contribution in [0.3, 0.4) is 0 Å². The molecule has 2 unspecified atom stereocenters. The van der Waals surface area contributed by atoms with Crippen molar-refractivity contribution in [1.29, 1.82) is 0 Å². The summed E-state index contributed by atoms with van der Waals surface area (Å²) >= 11 is 3.57. The molecule has 31 heavy (non-hydrogen) atoms. The van der Waals surface area contributed by atoms with Crippen LogP contribution in [-0.2, 0) is 14.9 Å². The second-order valence-corrected chi connectivity index (χ2v) is 8.41. The Labute approximate surface area is 193 Å². The summed E-state index contributed by atoms with van der Waals surface area (Å²) in [5, 5.41) is -6.53. The van der Waals surface area contributed by atoms with E-state index in [0.29, 0.717) is 0 Å². The number of halogens is 13. The molecule has 0 amide bonds. The minimum Gasteiger partial charge on any atom is -0.748 e. The molecule has 1 aliphatic rings. The Balaban J connectivity index is 0.00000900. The van der Waals surface area contributed by atoms with Gasteiger partial charge in [-0.3, -0.25) is 0 Å². The first kappa shape index (κ1) is 31.3. The summed E-state index contributed by atoms with van der Waals surface area (Å²) in [6, 6.07) is 0. The molecule has 1 heterocycles. The average molecular weight is 537 g/mol. The van der Waals surface area contributed by atoms with E-state index in [-0.39, 0.29) is 29.6 Å². The van der Waals surface area contributed by atoms with Crippen LogP contribution in [0.4, 0.5) is 52.7 Å². The van der Waals surface area contributed by atoms with E-state index >= 15 is 0 Å². The molecule has 1 saturated heterocycles. The minimum atomic E-state index is -7.76. The van der Waals surface area contributed by atoms with Gasteiger partial charge in [0, 0.05) is 24.7 Å². The fourth-order valence-electron chi connectivity index (χ4n) is 2.57. The smallest absolute Gasteiger partial charge is 0.748 e. The summed E-state index contributed by atoms with van der Waals surface area (Å²) in [5.41, 5.74) is 0. The van der Waals surface area contributed by atoms with Crippen LogP contribution in [0, 0.1) is 11.8 Å². The second kappa shape index (κ2) is 9.17. The first-order valence-electron chi connectivity index (χ1n) is 7.39. The van der Waals surface area contributed by atoms with Gasteiger partial charge in [0.05, 0.1) is 16.7 Å². The zero-order valence-corrected chi connectivity index (χ0v) is 18.5. The Hall–Kier alpha value is 0.320. The van der Waals surface area contributed by atoms with Crippen LogP contribution in [0.1, 0.15) is 6.42 Å². The van der Waals surface area contributed by atoms with Gasteiger partial charge in [0.2, 0.25) is 0 Å². The van der Waals surface area contributed by atoms with Crippen LogP contribution in [0.5, 0.6) is 0 Å². The van der Waals surface area contributed by atoms with Crippen molar-refractivity contribution in [2.45, 2.75) is 41.4 Å². The topological polar surface area (TPSA) is 66.4 Å². The van der Waals surface area contributed by atoms with Crippen LogP contribution in [-0.4, -0.2) is 66.9 Å². The van der Waals surface area contributed by atoms with E-state index in [1.807, 2.05) is 0 Å². The number of alkyl halides is 13. The summed E-state index contributed by atoms with van der Waals surface area (Å²) in [4.78, 5) is 0. The molecule has 1 rings (SSSR count). The molecule has 19 heteroatoms. The molecule has 0 aromatic heterocycles. The molecule has 0 radical (unpaired) electrons. The third-order valence-corrected chi connectivity index (χ3v) is 5.34. The van der Waals surface area contributed by atoms with Crippen LogP contribution >= 0.6 is 11.6 Å². The van der Waals surface area contributed by atoms with Crippen LogP contribution in [0.25, 0.3) is 0 Å². The van der Waals surface area contributed by atoms with Gasteiger partial charge in [-0.05, 0) is 17.5 Å². The molecule has 0 spiro atoms. The summed E-state index contributed by atoms with van der Waals surface area (Å²) in [6.45, 7) is -1.78. The van der Waals surface area contributed by atoms with Crippen molar-refractivity contribution in [3.05, 3.63) is 0 Å². The number of rotatable bonds is 9. The standard InChI is InChI=1S/C12H11ClF12O4S.Na/c13-12(24,25)11(22,23)10(20,21)9(18,19)8(16,17)7(14,15)1-5-2-29-3-6(5)4-30(26,27)28;/h5-6H,1-4H2,(H,26,27,28);/q;+1/p-1. The Bertz CT molecular complexity index is 742. The van der Waals surface area contributed by atoms with Crippen molar-refractivity contribution in [1.82, 2.24) is 0 Å². The predicted octanol–water partition coefficient (Wildman–Crippen LogP) is 1.20. The quantitative estimate of drug-likeness (QED) is 0.192. The van der Waals surface area contributed by atoms with Gasteiger partial charge in [0.1, 0.15) is 0 Å². The molecule has 0 saturated carbocycles. The van der Waals surface area contributed by atoms with Crippen molar-refractivity contribution in [3.63, 3.8) is 0 Å². The zero-order valence-electron chi connectivity index (χ0n) is 14.9.